The molecule has 0 bridgehead atoms. The van der Waals surface area contributed by atoms with Gasteiger partial charge in [0.25, 0.3) is 0 Å². The summed E-state index contributed by atoms with van der Waals surface area (Å²) in [6.45, 7) is 4.45. The summed E-state index contributed by atoms with van der Waals surface area (Å²) in [5, 5.41) is 0. The second kappa shape index (κ2) is 4.29. The number of ether oxygens (including phenoxy) is 1. The summed E-state index contributed by atoms with van der Waals surface area (Å²) in [5.41, 5.74) is 1.99. The average molecular weight is 168 g/mol. The Kier molecular flexibility index (Phi) is 3.32. The fourth-order valence-electron chi connectivity index (χ4n) is 1.30. The predicted molar refractivity (Wildman–Crippen MR) is 47.8 cm³/mol. The van der Waals surface area contributed by atoms with Gasteiger partial charge in [0.15, 0.2) is 0 Å². The molecule has 1 heterocycles. The van der Waals surface area contributed by atoms with Gasteiger partial charge in [-0.2, -0.15) is 0 Å². The topological polar surface area (TPSA) is 26.3 Å². The summed E-state index contributed by atoms with van der Waals surface area (Å²) < 4.78 is 5.05. The van der Waals surface area contributed by atoms with E-state index in [4.69, 9.17) is 4.74 Å². The summed E-state index contributed by atoms with van der Waals surface area (Å²) in [6, 6.07) is 0. The third-order valence-corrected chi connectivity index (χ3v) is 2.38. The molecule has 0 fully saturated rings. The first-order valence-corrected chi connectivity index (χ1v) is 4.55. The summed E-state index contributed by atoms with van der Waals surface area (Å²) in [6.07, 6.45) is 4.39. The third kappa shape index (κ3) is 2.36. The molecule has 0 radical (unpaired) electrons. The van der Waals surface area contributed by atoms with Gasteiger partial charge in [0.2, 0.25) is 0 Å². The number of carbonyl (C=O) groups excluding carboxylic acids is 1. The van der Waals surface area contributed by atoms with Crippen molar-refractivity contribution in [3.63, 3.8) is 0 Å². The molecule has 68 valence electrons. The highest BCUT2D eigenvalue weighted by Gasteiger charge is 2.10. The number of esters is 1. The van der Waals surface area contributed by atoms with Gasteiger partial charge in [-0.15, -0.1) is 0 Å². The van der Waals surface area contributed by atoms with Crippen molar-refractivity contribution in [1.82, 2.24) is 0 Å². The van der Waals surface area contributed by atoms with E-state index in [1.165, 1.54) is 12.0 Å². The maximum atomic E-state index is 11.2. The zero-order valence-electron chi connectivity index (χ0n) is 7.85. The molecule has 0 aliphatic carbocycles. The molecular formula is C10H16O2. The number of hydrogen-bond donors (Lipinski definition) is 0. The maximum Gasteiger partial charge on any atom is 0.333 e. The molecule has 1 aliphatic heterocycles. The Morgan fingerprint density at radius 3 is 2.67 bits per heavy atom. The standard InChI is InChI=1S/C10H16O2/c1-8-6-4-3-5-7-12-10(11)9(8)2/h3-7H2,1-2H3/b9-8+. The van der Waals surface area contributed by atoms with Crippen molar-refractivity contribution < 1.29 is 9.53 Å². The number of carbonyl (C=O) groups is 1. The fourth-order valence-corrected chi connectivity index (χ4v) is 1.30. The molecule has 0 atom stereocenters. The van der Waals surface area contributed by atoms with Crippen molar-refractivity contribution in [3.05, 3.63) is 11.1 Å². The molecule has 0 unspecified atom stereocenters. The summed E-state index contributed by atoms with van der Waals surface area (Å²) in [7, 11) is 0. The quantitative estimate of drug-likeness (QED) is 0.519. The van der Waals surface area contributed by atoms with E-state index in [-0.39, 0.29) is 5.97 Å². The van der Waals surface area contributed by atoms with Crippen molar-refractivity contribution in [2.24, 2.45) is 0 Å². The van der Waals surface area contributed by atoms with Crippen molar-refractivity contribution in [1.29, 1.82) is 0 Å². The van der Waals surface area contributed by atoms with Crippen molar-refractivity contribution in [2.75, 3.05) is 6.61 Å². The summed E-state index contributed by atoms with van der Waals surface area (Å²) in [4.78, 5) is 11.2. The molecule has 12 heavy (non-hydrogen) atoms. The van der Waals surface area contributed by atoms with Gasteiger partial charge in [-0.3, -0.25) is 0 Å². The molecule has 0 aromatic heterocycles. The van der Waals surface area contributed by atoms with Crippen LogP contribution in [0.25, 0.3) is 0 Å². The van der Waals surface area contributed by atoms with Gasteiger partial charge in [-0.25, -0.2) is 4.79 Å². The second-order valence-electron chi connectivity index (χ2n) is 3.35. The lowest BCUT2D eigenvalue weighted by Crippen LogP contribution is -2.07. The minimum Gasteiger partial charge on any atom is -0.462 e. The van der Waals surface area contributed by atoms with Gasteiger partial charge >= 0.3 is 5.97 Å². The molecule has 0 saturated carbocycles. The van der Waals surface area contributed by atoms with E-state index >= 15 is 0 Å². The van der Waals surface area contributed by atoms with E-state index in [1.54, 1.807) is 0 Å². The highest BCUT2D eigenvalue weighted by atomic mass is 16.5. The molecule has 0 N–H and O–H groups in total. The lowest BCUT2D eigenvalue weighted by molar-refractivity contribution is -0.139. The van der Waals surface area contributed by atoms with Crippen molar-refractivity contribution in [3.8, 4) is 0 Å². The van der Waals surface area contributed by atoms with Gasteiger partial charge < -0.3 is 4.74 Å². The Labute approximate surface area is 73.6 Å². The summed E-state index contributed by atoms with van der Waals surface area (Å²) in [5.74, 6) is -0.130. The molecule has 1 aliphatic rings. The smallest absolute Gasteiger partial charge is 0.333 e. The molecule has 0 aromatic rings. The minimum absolute atomic E-state index is 0.130. The van der Waals surface area contributed by atoms with E-state index in [0.717, 1.165) is 24.8 Å². The normalized spacial score (nSPS) is 27.0. The van der Waals surface area contributed by atoms with Gasteiger partial charge in [0, 0.05) is 5.57 Å². The zero-order valence-corrected chi connectivity index (χ0v) is 7.85. The minimum atomic E-state index is -0.130. The number of hydrogen-bond acceptors (Lipinski definition) is 2. The average Bonchev–Trinajstić information content (AvgIpc) is 2.12. The van der Waals surface area contributed by atoms with Gasteiger partial charge in [0.1, 0.15) is 0 Å². The Hall–Kier alpha value is -0.790. The maximum absolute atomic E-state index is 11.2. The van der Waals surface area contributed by atoms with Crippen LogP contribution in [0.3, 0.4) is 0 Å². The molecule has 2 heteroatoms. The van der Waals surface area contributed by atoms with Crippen molar-refractivity contribution in [2.45, 2.75) is 39.5 Å². The van der Waals surface area contributed by atoms with E-state index < -0.39 is 0 Å². The molecule has 0 spiro atoms. The second-order valence-corrected chi connectivity index (χ2v) is 3.35. The Morgan fingerprint density at radius 2 is 1.92 bits per heavy atom. The Morgan fingerprint density at radius 1 is 1.17 bits per heavy atom. The first kappa shape index (κ1) is 9.30. The number of cyclic esters (lactones) is 1. The van der Waals surface area contributed by atoms with Crippen LogP contribution >= 0.6 is 0 Å². The first-order chi connectivity index (χ1) is 5.72. The number of allylic oxidation sites excluding steroid dienone is 1. The van der Waals surface area contributed by atoms with Crippen LogP contribution in [-0.4, -0.2) is 12.6 Å². The lowest BCUT2D eigenvalue weighted by atomic mass is 10.1. The van der Waals surface area contributed by atoms with Crippen LogP contribution in [0.4, 0.5) is 0 Å². The van der Waals surface area contributed by atoms with E-state index in [0.29, 0.717) is 6.61 Å². The van der Waals surface area contributed by atoms with Crippen LogP contribution in [0, 0.1) is 0 Å². The van der Waals surface area contributed by atoms with Gasteiger partial charge in [0.05, 0.1) is 6.61 Å². The fraction of sp³-hybridized carbons (Fsp3) is 0.700. The zero-order chi connectivity index (χ0) is 8.97. The highest BCUT2D eigenvalue weighted by molar-refractivity contribution is 5.88. The Balaban J connectivity index is 2.69. The van der Waals surface area contributed by atoms with Crippen LogP contribution in [0.1, 0.15) is 39.5 Å². The lowest BCUT2D eigenvalue weighted by Gasteiger charge is -2.04. The van der Waals surface area contributed by atoms with Crippen LogP contribution < -0.4 is 0 Å². The van der Waals surface area contributed by atoms with Gasteiger partial charge in [-0.05, 0) is 39.5 Å². The third-order valence-electron chi connectivity index (χ3n) is 2.38. The van der Waals surface area contributed by atoms with E-state index in [1.807, 2.05) is 13.8 Å². The molecule has 1 rings (SSSR count). The highest BCUT2D eigenvalue weighted by Crippen LogP contribution is 2.16. The van der Waals surface area contributed by atoms with E-state index in [2.05, 4.69) is 0 Å². The molecule has 0 aromatic carbocycles. The monoisotopic (exact) mass is 168 g/mol. The molecule has 2 nitrogen and oxygen atoms in total. The number of rotatable bonds is 0. The van der Waals surface area contributed by atoms with Crippen LogP contribution in [0.2, 0.25) is 0 Å². The first-order valence-electron chi connectivity index (χ1n) is 4.55. The van der Waals surface area contributed by atoms with Crippen molar-refractivity contribution >= 4 is 5.97 Å². The largest absolute Gasteiger partial charge is 0.462 e. The summed E-state index contributed by atoms with van der Waals surface area (Å²) >= 11 is 0. The molecule has 0 amide bonds. The SMILES string of the molecule is C/C1=C(/C)C(=O)OCCCCC1. The van der Waals surface area contributed by atoms with E-state index in [9.17, 15) is 4.79 Å². The predicted octanol–water partition coefficient (Wildman–Crippen LogP) is 2.44. The molecule has 0 saturated heterocycles. The Bertz CT molecular complexity index is 204. The molecular weight excluding hydrogens is 152 g/mol. The van der Waals surface area contributed by atoms with Crippen LogP contribution in [0.5, 0.6) is 0 Å². The van der Waals surface area contributed by atoms with Crippen LogP contribution in [-0.2, 0) is 9.53 Å². The van der Waals surface area contributed by atoms with Crippen LogP contribution in [0.15, 0.2) is 11.1 Å². The van der Waals surface area contributed by atoms with Gasteiger partial charge in [-0.1, -0.05) is 5.57 Å².